The van der Waals surface area contributed by atoms with Gasteiger partial charge in [-0.1, -0.05) is 0 Å². The summed E-state index contributed by atoms with van der Waals surface area (Å²) in [6.07, 6.45) is 0. The molecule has 0 bridgehead atoms. The van der Waals surface area contributed by atoms with Gasteiger partial charge in [-0.3, -0.25) is 10.1 Å². The molecule has 0 saturated carbocycles. The second-order valence-corrected chi connectivity index (χ2v) is 3.20. The Balaban J connectivity index is 3.50. The number of nitrogen functional groups attached to an aromatic ring is 1. The maximum Gasteiger partial charge on any atom is 0.344 e. The molecule has 1 rings (SSSR count). The smallest absolute Gasteiger partial charge is 0.344 e. The van der Waals surface area contributed by atoms with Gasteiger partial charge in [0.25, 0.3) is 5.69 Å². The van der Waals surface area contributed by atoms with Crippen LogP contribution in [-0.2, 0) is 9.47 Å². The van der Waals surface area contributed by atoms with Gasteiger partial charge in [-0.25, -0.2) is 9.59 Å². The first-order valence-electron chi connectivity index (χ1n) is 4.67. The predicted octanol–water partition coefficient (Wildman–Crippen LogP) is 0.750. The first kappa shape index (κ1) is 13.4. The third kappa shape index (κ3) is 2.37. The molecule has 0 fully saturated rings. The third-order valence-electron chi connectivity index (χ3n) is 2.18. The Kier molecular flexibility index (Phi) is 3.82. The molecule has 0 unspecified atom stereocenters. The highest BCUT2D eigenvalue weighted by Crippen LogP contribution is 2.26. The van der Waals surface area contributed by atoms with Crippen molar-refractivity contribution in [2.45, 2.75) is 0 Å². The lowest BCUT2D eigenvalue weighted by atomic mass is 10.1. The number of nitro groups is 1. The number of methoxy groups -OCH3 is 2. The number of esters is 2. The van der Waals surface area contributed by atoms with Crippen molar-refractivity contribution >= 4 is 23.3 Å². The van der Waals surface area contributed by atoms with Gasteiger partial charge in [-0.15, -0.1) is 0 Å². The highest BCUT2D eigenvalue weighted by Gasteiger charge is 2.25. The van der Waals surface area contributed by atoms with Crippen molar-refractivity contribution in [3.05, 3.63) is 33.4 Å². The van der Waals surface area contributed by atoms with Crippen molar-refractivity contribution in [2.24, 2.45) is 0 Å². The zero-order chi connectivity index (χ0) is 13.9. The fraction of sp³-hybridized carbons (Fsp3) is 0.200. The molecular weight excluding hydrogens is 244 g/mol. The summed E-state index contributed by atoms with van der Waals surface area (Å²) in [5, 5.41) is 10.8. The first-order chi connectivity index (χ1) is 8.42. The third-order valence-corrected chi connectivity index (χ3v) is 2.18. The topological polar surface area (TPSA) is 122 Å². The van der Waals surface area contributed by atoms with E-state index in [9.17, 15) is 19.7 Å². The lowest BCUT2D eigenvalue weighted by Gasteiger charge is -2.07. The molecule has 8 heteroatoms. The molecule has 0 saturated heterocycles. The van der Waals surface area contributed by atoms with E-state index < -0.39 is 22.5 Å². The number of rotatable bonds is 3. The lowest BCUT2D eigenvalue weighted by molar-refractivity contribution is -0.385. The molecule has 0 heterocycles. The number of benzene rings is 1. The van der Waals surface area contributed by atoms with Crippen molar-refractivity contribution < 1.29 is 24.0 Å². The monoisotopic (exact) mass is 254 g/mol. The van der Waals surface area contributed by atoms with E-state index in [0.717, 1.165) is 26.4 Å². The van der Waals surface area contributed by atoms with Crippen LogP contribution >= 0.6 is 0 Å². The summed E-state index contributed by atoms with van der Waals surface area (Å²) in [5.41, 5.74) is 4.30. The quantitative estimate of drug-likeness (QED) is 0.365. The average Bonchev–Trinajstić information content (AvgIpc) is 2.36. The summed E-state index contributed by atoms with van der Waals surface area (Å²) in [7, 11) is 2.20. The number of nitrogens with zero attached hydrogens (tertiary/aromatic N) is 1. The molecule has 0 atom stereocenters. The molecule has 0 spiro atoms. The summed E-state index contributed by atoms with van der Waals surface area (Å²) < 4.78 is 8.84. The van der Waals surface area contributed by atoms with Crippen LogP contribution in [0, 0.1) is 10.1 Å². The van der Waals surface area contributed by atoms with Crippen LogP contribution in [-0.4, -0.2) is 31.1 Å². The van der Waals surface area contributed by atoms with E-state index in [-0.39, 0.29) is 16.8 Å². The van der Waals surface area contributed by atoms with Crippen LogP contribution in [0.15, 0.2) is 12.1 Å². The van der Waals surface area contributed by atoms with Crippen LogP contribution in [0.1, 0.15) is 20.7 Å². The SMILES string of the molecule is COC(=O)c1cc(C(=O)OC)c([N+](=O)[O-])cc1N. The number of ether oxygens (including phenoxy) is 2. The lowest BCUT2D eigenvalue weighted by Crippen LogP contribution is -2.12. The highest BCUT2D eigenvalue weighted by molar-refractivity contribution is 6.01. The second kappa shape index (κ2) is 5.13. The van der Waals surface area contributed by atoms with Crippen molar-refractivity contribution in [1.29, 1.82) is 0 Å². The van der Waals surface area contributed by atoms with Crippen molar-refractivity contribution in [3.63, 3.8) is 0 Å². The summed E-state index contributed by atoms with van der Waals surface area (Å²) in [4.78, 5) is 32.7. The summed E-state index contributed by atoms with van der Waals surface area (Å²) in [5.74, 6) is -1.74. The van der Waals surface area contributed by atoms with E-state index in [1.165, 1.54) is 0 Å². The molecule has 8 nitrogen and oxygen atoms in total. The number of anilines is 1. The molecule has 18 heavy (non-hydrogen) atoms. The number of nitro benzene ring substituents is 1. The minimum Gasteiger partial charge on any atom is -0.465 e. The number of carbonyl (C=O) groups excluding carboxylic acids is 2. The van der Waals surface area contributed by atoms with Gasteiger partial charge in [0, 0.05) is 6.07 Å². The van der Waals surface area contributed by atoms with Gasteiger partial charge in [-0.2, -0.15) is 0 Å². The Morgan fingerprint density at radius 1 is 1.17 bits per heavy atom. The number of carbonyl (C=O) groups is 2. The maximum atomic E-state index is 11.4. The van der Waals surface area contributed by atoms with Gasteiger partial charge in [0.05, 0.1) is 30.4 Å². The largest absolute Gasteiger partial charge is 0.465 e. The summed E-state index contributed by atoms with van der Waals surface area (Å²) in [6, 6.07) is 1.89. The summed E-state index contributed by atoms with van der Waals surface area (Å²) >= 11 is 0. The Hall–Kier alpha value is -2.64. The van der Waals surface area contributed by atoms with Crippen LogP contribution in [0.2, 0.25) is 0 Å². The van der Waals surface area contributed by atoms with Gasteiger partial charge in [-0.05, 0) is 6.07 Å². The van der Waals surface area contributed by atoms with Gasteiger partial charge < -0.3 is 15.2 Å². The Morgan fingerprint density at radius 2 is 1.67 bits per heavy atom. The van der Waals surface area contributed by atoms with Crippen molar-refractivity contribution in [1.82, 2.24) is 0 Å². The number of hydrogen-bond donors (Lipinski definition) is 1. The van der Waals surface area contributed by atoms with E-state index in [0.29, 0.717) is 0 Å². The number of nitrogens with two attached hydrogens (primary N) is 1. The molecule has 0 aliphatic heterocycles. The Bertz CT molecular complexity index is 525. The van der Waals surface area contributed by atoms with Gasteiger partial charge >= 0.3 is 11.9 Å². The highest BCUT2D eigenvalue weighted by atomic mass is 16.6. The molecule has 0 aliphatic carbocycles. The van der Waals surface area contributed by atoms with Crippen LogP contribution in [0.4, 0.5) is 11.4 Å². The molecular formula is C10H10N2O6. The van der Waals surface area contributed by atoms with Crippen molar-refractivity contribution in [2.75, 3.05) is 20.0 Å². The molecule has 96 valence electrons. The van der Waals surface area contributed by atoms with E-state index in [1.54, 1.807) is 0 Å². The molecule has 1 aromatic carbocycles. The van der Waals surface area contributed by atoms with Gasteiger partial charge in [0.15, 0.2) is 0 Å². The zero-order valence-corrected chi connectivity index (χ0v) is 9.63. The summed E-state index contributed by atoms with van der Waals surface area (Å²) in [6.45, 7) is 0. The van der Waals surface area contributed by atoms with E-state index in [4.69, 9.17) is 5.73 Å². The fourth-order valence-electron chi connectivity index (χ4n) is 1.32. The standard InChI is InChI=1S/C10H10N2O6/c1-17-9(13)5-3-6(10(14)18-2)8(12(15)16)4-7(5)11/h3-4H,11H2,1-2H3. The molecule has 2 N–H and O–H groups in total. The van der Waals surface area contributed by atoms with Gasteiger partial charge in [0.2, 0.25) is 0 Å². The normalized spacial score (nSPS) is 9.67. The Morgan fingerprint density at radius 3 is 2.11 bits per heavy atom. The molecule has 1 aromatic rings. The number of hydrogen-bond acceptors (Lipinski definition) is 7. The first-order valence-corrected chi connectivity index (χ1v) is 4.67. The van der Waals surface area contributed by atoms with Crippen LogP contribution in [0.5, 0.6) is 0 Å². The zero-order valence-electron chi connectivity index (χ0n) is 9.63. The molecule has 0 radical (unpaired) electrons. The average molecular weight is 254 g/mol. The van der Waals surface area contributed by atoms with E-state index in [2.05, 4.69) is 9.47 Å². The van der Waals surface area contributed by atoms with E-state index >= 15 is 0 Å². The Labute approximate surface area is 101 Å². The van der Waals surface area contributed by atoms with Crippen LogP contribution < -0.4 is 5.73 Å². The molecule has 0 amide bonds. The minimum absolute atomic E-state index is 0.136. The maximum absolute atomic E-state index is 11.4. The van der Waals surface area contributed by atoms with Crippen molar-refractivity contribution in [3.8, 4) is 0 Å². The fourth-order valence-corrected chi connectivity index (χ4v) is 1.32. The van der Waals surface area contributed by atoms with Crippen LogP contribution in [0.3, 0.4) is 0 Å². The second-order valence-electron chi connectivity index (χ2n) is 3.20. The predicted molar refractivity (Wildman–Crippen MR) is 60.2 cm³/mol. The minimum atomic E-state index is -0.938. The van der Waals surface area contributed by atoms with E-state index in [1.807, 2.05) is 0 Å². The molecule has 0 aromatic heterocycles. The van der Waals surface area contributed by atoms with Gasteiger partial charge in [0.1, 0.15) is 5.56 Å². The molecule has 0 aliphatic rings. The van der Waals surface area contributed by atoms with Crippen LogP contribution in [0.25, 0.3) is 0 Å².